The second kappa shape index (κ2) is 8.51. The Hall–Kier alpha value is -3.26. The van der Waals surface area contributed by atoms with Crippen LogP contribution in [0.1, 0.15) is 52.8 Å². The normalized spacial score (nSPS) is 19.9. The standard InChI is InChI=1S/C26H29N5O3/c32-24(30-11-7-26(8-12-30)17-34-18-26)20-13-19(14-27-15-20)22-5-4-6-23-21(16-28-31(22)23)25(33)29-9-2-1-3-10-29/h4-6,13-16H,1-3,7-12,17-18H2. The largest absolute Gasteiger partial charge is 0.380 e. The van der Waals surface area contributed by atoms with E-state index in [1.807, 2.05) is 34.1 Å². The maximum atomic E-state index is 13.2. The number of carbonyl (C=O) groups is 2. The number of likely N-dealkylation sites (tertiary alicyclic amines) is 2. The predicted octanol–water partition coefficient (Wildman–Crippen LogP) is 3.28. The number of rotatable bonds is 3. The molecule has 3 aromatic heterocycles. The van der Waals surface area contributed by atoms with Crippen molar-refractivity contribution in [3.8, 4) is 11.3 Å². The molecule has 176 valence electrons. The van der Waals surface area contributed by atoms with E-state index in [4.69, 9.17) is 4.74 Å². The summed E-state index contributed by atoms with van der Waals surface area (Å²) in [5.74, 6) is 0.0479. The molecule has 3 saturated heterocycles. The molecule has 0 unspecified atom stereocenters. The van der Waals surface area contributed by atoms with Crippen LogP contribution in [0.15, 0.2) is 42.9 Å². The first-order valence-corrected chi connectivity index (χ1v) is 12.2. The zero-order valence-corrected chi connectivity index (χ0v) is 19.3. The van der Waals surface area contributed by atoms with Crippen LogP contribution in [-0.4, -0.2) is 75.6 Å². The molecule has 0 aliphatic carbocycles. The van der Waals surface area contributed by atoms with Crippen molar-refractivity contribution in [2.75, 3.05) is 39.4 Å². The molecule has 0 saturated carbocycles. The monoisotopic (exact) mass is 459 g/mol. The van der Waals surface area contributed by atoms with E-state index < -0.39 is 0 Å². The molecule has 3 aromatic rings. The van der Waals surface area contributed by atoms with Crippen molar-refractivity contribution in [3.63, 3.8) is 0 Å². The Morgan fingerprint density at radius 2 is 1.65 bits per heavy atom. The molecule has 0 aromatic carbocycles. The summed E-state index contributed by atoms with van der Waals surface area (Å²) in [7, 11) is 0. The second-order valence-electron chi connectivity index (χ2n) is 9.87. The van der Waals surface area contributed by atoms with Crippen molar-refractivity contribution in [1.82, 2.24) is 24.4 Å². The summed E-state index contributed by atoms with van der Waals surface area (Å²) < 4.78 is 7.18. The van der Waals surface area contributed by atoms with Crippen LogP contribution in [0.4, 0.5) is 0 Å². The molecule has 0 atom stereocenters. The lowest BCUT2D eigenvalue weighted by molar-refractivity contribution is -0.136. The van der Waals surface area contributed by atoms with E-state index in [1.165, 1.54) is 6.42 Å². The molecular formula is C26H29N5O3. The molecule has 6 heterocycles. The Morgan fingerprint density at radius 1 is 0.882 bits per heavy atom. The number of piperidine rings is 2. The molecule has 3 aliphatic rings. The summed E-state index contributed by atoms with van der Waals surface area (Å²) in [6.45, 7) is 4.75. The Kier molecular flexibility index (Phi) is 5.32. The van der Waals surface area contributed by atoms with Gasteiger partial charge in [0.1, 0.15) is 0 Å². The van der Waals surface area contributed by atoms with Crippen LogP contribution >= 0.6 is 0 Å². The highest BCUT2D eigenvalue weighted by Crippen LogP contribution is 2.38. The van der Waals surface area contributed by atoms with Crippen molar-refractivity contribution in [1.29, 1.82) is 0 Å². The first-order valence-electron chi connectivity index (χ1n) is 12.2. The summed E-state index contributed by atoms with van der Waals surface area (Å²) in [4.78, 5) is 34.5. The third-order valence-corrected chi connectivity index (χ3v) is 7.63. The number of amides is 2. The molecule has 0 radical (unpaired) electrons. The van der Waals surface area contributed by atoms with Crippen molar-refractivity contribution in [3.05, 3.63) is 54.0 Å². The van der Waals surface area contributed by atoms with Crippen LogP contribution in [0.5, 0.6) is 0 Å². The minimum atomic E-state index is 0.0121. The van der Waals surface area contributed by atoms with Gasteiger partial charge in [-0.25, -0.2) is 4.52 Å². The van der Waals surface area contributed by atoms with Gasteiger partial charge < -0.3 is 14.5 Å². The lowest BCUT2D eigenvalue weighted by Crippen LogP contribution is -2.52. The number of aromatic nitrogens is 3. The van der Waals surface area contributed by atoms with Gasteiger partial charge in [0.15, 0.2) is 0 Å². The second-order valence-corrected chi connectivity index (χ2v) is 9.87. The number of pyridine rings is 2. The predicted molar refractivity (Wildman–Crippen MR) is 127 cm³/mol. The van der Waals surface area contributed by atoms with Gasteiger partial charge in [-0.3, -0.25) is 14.6 Å². The van der Waals surface area contributed by atoms with Gasteiger partial charge in [-0.15, -0.1) is 0 Å². The lowest BCUT2D eigenvalue weighted by atomic mass is 9.77. The Balaban J connectivity index is 1.26. The van der Waals surface area contributed by atoms with E-state index in [-0.39, 0.29) is 17.2 Å². The van der Waals surface area contributed by atoms with Crippen molar-refractivity contribution >= 4 is 17.3 Å². The van der Waals surface area contributed by atoms with Gasteiger partial charge in [-0.1, -0.05) is 6.07 Å². The SMILES string of the molecule is O=C(c1cncc(-c2cccc3c(C(=O)N4CCCCC4)cnn23)c1)N1CCC2(CC1)COC2. The number of ether oxygens (including phenoxy) is 1. The van der Waals surface area contributed by atoms with Crippen molar-refractivity contribution in [2.45, 2.75) is 32.1 Å². The fraction of sp³-hybridized carbons (Fsp3) is 0.462. The van der Waals surface area contributed by atoms with E-state index in [2.05, 4.69) is 10.1 Å². The topological polar surface area (TPSA) is 80.0 Å². The van der Waals surface area contributed by atoms with Gasteiger partial charge in [0.25, 0.3) is 11.8 Å². The van der Waals surface area contributed by atoms with Gasteiger partial charge in [-0.2, -0.15) is 5.10 Å². The zero-order chi connectivity index (χ0) is 23.1. The van der Waals surface area contributed by atoms with Gasteiger partial charge in [0, 0.05) is 49.6 Å². The molecule has 6 rings (SSSR count). The number of fused-ring (bicyclic) bond motifs is 1. The molecule has 1 spiro atoms. The fourth-order valence-electron chi connectivity index (χ4n) is 5.40. The summed E-state index contributed by atoms with van der Waals surface area (Å²) in [5, 5.41) is 4.54. The quantitative estimate of drug-likeness (QED) is 0.601. The van der Waals surface area contributed by atoms with Gasteiger partial charge in [-0.05, 0) is 50.3 Å². The van der Waals surface area contributed by atoms with Gasteiger partial charge in [0.2, 0.25) is 0 Å². The van der Waals surface area contributed by atoms with Gasteiger partial charge in [0.05, 0.1) is 41.7 Å². The summed E-state index contributed by atoms with van der Waals surface area (Å²) in [5.41, 5.74) is 3.86. The van der Waals surface area contributed by atoms with Crippen LogP contribution < -0.4 is 0 Å². The van der Waals surface area contributed by atoms with E-state index in [0.29, 0.717) is 11.1 Å². The van der Waals surface area contributed by atoms with E-state index in [1.54, 1.807) is 23.1 Å². The number of hydrogen-bond acceptors (Lipinski definition) is 5. The molecular weight excluding hydrogens is 430 g/mol. The molecule has 34 heavy (non-hydrogen) atoms. The maximum Gasteiger partial charge on any atom is 0.257 e. The molecule has 8 heteroatoms. The molecule has 0 bridgehead atoms. The average Bonchev–Trinajstić information content (AvgIpc) is 3.32. The van der Waals surface area contributed by atoms with E-state index >= 15 is 0 Å². The zero-order valence-electron chi connectivity index (χ0n) is 19.3. The van der Waals surface area contributed by atoms with E-state index in [0.717, 1.165) is 81.9 Å². The Labute approximate surface area is 198 Å². The van der Waals surface area contributed by atoms with Crippen LogP contribution in [0.25, 0.3) is 16.8 Å². The van der Waals surface area contributed by atoms with Gasteiger partial charge >= 0.3 is 0 Å². The maximum absolute atomic E-state index is 13.2. The first kappa shape index (κ1) is 21.3. The number of hydrogen-bond donors (Lipinski definition) is 0. The minimum Gasteiger partial charge on any atom is -0.380 e. The molecule has 3 fully saturated rings. The van der Waals surface area contributed by atoms with Crippen LogP contribution in [0.2, 0.25) is 0 Å². The summed E-state index contributed by atoms with van der Waals surface area (Å²) in [6.07, 6.45) is 10.3. The van der Waals surface area contributed by atoms with E-state index in [9.17, 15) is 9.59 Å². The summed E-state index contributed by atoms with van der Waals surface area (Å²) in [6, 6.07) is 7.68. The highest BCUT2D eigenvalue weighted by Gasteiger charge is 2.42. The van der Waals surface area contributed by atoms with Crippen LogP contribution in [0, 0.1) is 5.41 Å². The Bertz CT molecular complexity index is 1230. The Morgan fingerprint density at radius 3 is 2.38 bits per heavy atom. The molecule has 2 amide bonds. The third-order valence-electron chi connectivity index (χ3n) is 7.63. The number of carbonyl (C=O) groups excluding carboxylic acids is 2. The minimum absolute atomic E-state index is 0.0121. The van der Waals surface area contributed by atoms with Crippen molar-refractivity contribution < 1.29 is 14.3 Å². The third kappa shape index (κ3) is 3.66. The highest BCUT2D eigenvalue weighted by atomic mass is 16.5. The van der Waals surface area contributed by atoms with Crippen LogP contribution in [-0.2, 0) is 4.74 Å². The number of nitrogens with zero attached hydrogens (tertiary/aromatic N) is 5. The van der Waals surface area contributed by atoms with Crippen LogP contribution in [0.3, 0.4) is 0 Å². The lowest BCUT2D eigenvalue weighted by Gasteiger charge is -2.47. The molecule has 3 aliphatic heterocycles. The highest BCUT2D eigenvalue weighted by molar-refractivity contribution is 6.01. The fourth-order valence-corrected chi connectivity index (χ4v) is 5.40. The average molecular weight is 460 g/mol. The molecule has 0 N–H and O–H groups in total. The first-order chi connectivity index (χ1) is 16.6. The summed E-state index contributed by atoms with van der Waals surface area (Å²) >= 11 is 0. The van der Waals surface area contributed by atoms with Crippen molar-refractivity contribution in [2.24, 2.45) is 5.41 Å². The molecule has 8 nitrogen and oxygen atoms in total. The smallest absolute Gasteiger partial charge is 0.257 e.